The molecule has 0 amide bonds. The van der Waals surface area contributed by atoms with E-state index < -0.39 is 0 Å². The second kappa shape index (κ2) is 21.7. The summed E-state index contributed by atoms with van der Waals surface area (Å²) in [5, 5.41) is 4.82. The van der Waals surface area contributed by atoms with E-state index in [2.05, 4.69) is 307 Å². The molecule has 0 bridgehead atoms. The van der Waals surface area contributed by atoms with Gasteiger partial charge in [0.1, 0.15) is 0 Å². The first-order valence-electron chi connectivity index (χ1n) is 25.0. The molecule has 0 unspecified atom stereocenters. The van der Waals surface area contributed by atoms with Crippen LogP contribution in [0.2, 0.25) is 0 Å². The van der Waals surface area contributed by atoms with Crippen molar-refractivity contribution in [2.24, 2.45) is 0 Å². The molecule has 12 aromatic carbocycles. The summed E-state index contributed by atoms with van der Waals surface area (Å²) in [7, 11) is 0. The van der Waals surface area contributed by atoms with Gasteiger partial charge in [0.15, 0.2) is 0 Å². The number of hydrogen-bond donors (Lipinski definition) is 0. The number of fused-ring (bicyclic) bond motifs is 2. The fourth-order valence-electron chi connectivity index (χ4n) is 9.75. The lowest BCUT2D eigenvalue weighted by molar-refractivity contribution is 1.19. The molecule has 0 N–H and O–H groups in total. The highest BCUT2D eigenvalue weighted by molar-refractivity contribution is 6.00. The maximum absolute atomic E-state index is 2.38. The van der Waals surface area contributed by atoms with E-state index in [0.717, 1.165) is 68.7 Å². The fourth-order valence-corrected chi connectivity index (χ4v) is 9.75. The van der Waals surface area contributed by atoms with Crippen LogP contribution in [0.3, 0.4) is 0 Å². The van der Waals surface area contributed by atoms with Gasteiger partial charge >= 0.3 is 0 Å². The molecule has 0 aromatic heterocycles. The van der Waals surface area contributed by atoms with Crippen molar-refractivity contribution < 1.29 is 0 Å². The van der Waals surface area contributed by atoms with Gasteiger partial charge in [-0.05, 0) is 143 Å². The third kappa shape index (κ3) is 10.4. The first-order chi connectivity index (χ1) is 36.1. The second-order valence-electron chi connectivity index (χ2n) is 18.3. The van der Waals surface area contributed by atoms with Gasteiger partial charge in [0, 0.05) is 50.6 Å². The summed E-state index contributed by atoms with van der Waals surface area (Å²) in [5.74, 6) is 0. The number of benzene rings is 12. The van der Waals surface area contributed by atoms with E-state index in [4.69, 9.17) is 0 Å². The number of rotatable bonds is 12. The summed E-state index contributed by atoms with van der Waals surface area (Å²) in [6, 6.07) is 108. The lowest BCUT2D eigenvalue weighted by Crippen LogP contribution is -2.12. The number of nitrogens with zero attached hydrogens (tertiary/aromatic N) is 3. The molecular weight excluding hydrogens is 883 g/mol. The van der Waals surface area contributed by atoms with Crippen molar-refractivity contribution in [2.45, 2.75) is 13.3 Å². The summed E-state index contributed by atoms with van der Waals surface area (Å²) in [5.41, 5.74) is 16.2. The fraction of sp³-hybridized carbons (Fsp3) is 0.0286. The Bertz CT molecular complexity index is 3620. The Morgan fingerprint density at radius 3 is 0.945 bits per heavy atom. The van der Waals surface area contributed by atoms with Gasteiger partial charge in [0.25, 0.3) is 0 Å². The third-order valence-electron chi connectivity index (χ3n) is 13.4. The van der Waals surface area contributed by atoms with Gasteiger partial charge in [-0.25, -0.2) is 0 Å². The monoisotopic (exact) mass is 937 g/mol. The molecule has 0 fully saturated rings. The molecule has 0 aliphatic heterocycles. The van der Waals surface area contributed by atoms with Crippen molar-refractivity contribution in [1.29, 1.82) is 0 Å². The van der Waals surface area contributed by atoms with Crippen molar-refractivity contribution in [1.82, 2.24) is 0 Å². The van der Waals surface area contributed by atoms with Gasteiger partial charge in [-0.15, -0.1) is 0 Å². The second-order valence-corrected chi connectivity index (χ2v) is 18.3. The highest BCUT2D eigenvalue weighted by Gasteiger charge is 2.19. The van der Waals surface area contributed by atoms with Crippen LogP contribution >= 0.6 is 0 Å². The molecule has 0 heterocycles. The van der Waals surface area contributed by atoms with E-state index in [0.29, 0.717) is 0 Å². The Morgan fingerprint density at radius 1 is 0.233 bits per heavy atom. The normalized spacial score (nSPS) is 10.9. The van der Waals surface area contributed by atoms with Gasteiger partial charge in [0.05, 0.1) is 11.4 Å². The predicted octanol–water partition coefficient (Wildman–Crippen LogP) is 19.7. The van der Waals surface area contributed by atoms with Gasteiger partial charge in [-0.2, -0.15) is 0 Å². The quantitative estimate of drug-likeness (QED) is 0.121. The predicted molar refractivity (Wildman–Crippen MR) is 311 cm³/mol. The SMILES string of the molecule is Cc1ccccc1.c1ccc(Cc2ccc(N(c3ccc(-c4ccc(N(c5ccc(N(c6ccccc6)c6ccccc6)cc5)c5cccc6ccccc56)cc4)cc3)c3cccc4ccccc34)cc2)cc1. The van der Waals surface area contributed by atoms with Crippen LogP contribution < -0.4 is 14.7 Å². The van der Waals surface area contributed by atoms with E-state index in [1.807, 2.05) is 18.2 Å². The molecule has 350 valence electrons. The molecule has 3 nitrogen and oxygen atoms in total. The molecule has 0 saturated heterocycles. The Kier molecular flexibility index (Phi) is 13.7. The highest BCUT2D eigenvalue weighted by Crippen LogP contribution is 2.43. The lowest BCUT2D eigenvalue weighted by atomic mass is 10.0. The largest absolute Gasteiger partial charge is 0.311 e. The van der Waals surface area contributed by atoms with Crippen molar-refractivity contribution in [3.8, 4) is 11.1 Å². The zero-order valence-electron chi connectivity index (χ0n) is 40.9. The standard InChI is InChI=1S/C63H47N3.C7H8/c1-4-16-47(17-5-1)46-48-30-36-56(37-31-48)65(62-28-14-20-51-18-10-12-26-60(51)62)57-38-32-49(33-39-57)50-34-40-58(41-35-50)66(63-29-15-21-52-19-11-13-27-61(52)63)59-44-42-55(43-45-59)64(53-22-6-2-7-23-53)54-24-8-3-9-25-54;1-7-5-3-2-4-6-7/h1-45H,46H2;2-6H,1H3. The highest BCUT2D eigenvalue weighted by atomic mass is 15.2. The Morgan fingerprint density at radius 2 is 0.534 bits per heavy atom. The topological polar surface area (TPSA) is 9.72 Å². The van der Waals surface area contributed by atoms with Crippen LogP contribution in [0.25, 0.3) is 32.7 Å². The van der Waals surface area contributed by atoms with E-state index in [1.54, 1.807) is 0 Å². The van der Waals surface area contributed by atoms with Gasteiger partial charge in [0.2, 0.25) is 0 Å². The molecule has 12 aromatic rings. The van der Waals surface area contributed by atoms with Crippen LogP contribution in [0, 0.1) is 6.92 Å². The third-order valence-corrected chi connectivity index (χ3v) is 13.4. The number of aryl methyl sites for hydroxylation is 1. The Balaban J connectivity index is 0.000000758. The van der Waals surface area contributed by atoms with Crippen LogP contribution in [-0.2, 0) is 6.42 Å². The average Bonchev–Trinajstić information content (AvgIpc) is 3.46. The zero-order valence-corrected chi connectivity index (χ0v) is 40.9. The summed E-state index contributed by atoms with van der Waals surface area (Å²) >= 11 is 0. The van der Waals surface area contributed by atoms with Crippen LogP contribution in [0.1, 0.15) is 16.7 Å². The maximum atomic E-state index is 2.38. The van der Waals surface area contributed by atoms with Crippen molar-refractivity contribution in [3.05, 3.63) is 320 Å². The minimum Gasteiger partial charge on any atom is -0.311 e. The summed E-state index contributed by atoms with van der Waals surface area (Å²) in [6.45, 7) is 2.08. The van der Waals surface area contributed by atoms with Crippen LogP contribution in [-0.4, -0.2) is 0 Å². The molecule has 0 aliphatic rings. The minimum atomic E-state index is 0.900. The van der Waals surface area contributed by atoms with Crippen LogP contribution in [0.15, 0.2) is 303 Å². The molecule has 73 heavy (non-hydrogen) atoms. The minimum absolute atomic E-state index is 0.900. The number of para-hydroxylation sites is 2. The molecule has 0 saturated carbocycles. The maximum Gasteiger partial charge on any atom is 0.0540 e. The van der Waals surface area contributed by atoms with Crippen molar-refractivity contribution in [3.63, 3.8) is 0 Å². The first-order valence-corrected chi connectivity index (χ1v) is 25.0. The average molecular weight is 938 g/mol. The van der Waals surface area contributed by atoms with E-state index in [1.165, 1.54) is 38.2 Å². The van der Waals surface area contributed by atoms with Crippen LogP contribution in [0.5, 0.6) is 0 Å². The smallest absolute Gasteiger partial charge is 0.0540 e. The van der Waals surface area contributed by atoms with Gasteiger partial charge in [-0.1, -0.05) is 212 Å². The van der Waals surface area contributed by atoms with Crippen molar-refractivity contribution >= 4 is 72.7 Å². The summed E-state index contributed by atoms with van der Waals surface area (Å²) in [4.78, 5) is 7.06. The molecular formula is C70H55N3. The molecule has 0 atom stereocenters. The van der Waals surface area contributed by atoms with E-state index >= 15 is 0 Å². The zero-order chi connectivity index (χ0) is 49.2. The lowest BCUT2D eigenvalue weighted by Gasteiger charge is -2.29. The molecule has 0 aliphatic carbocycles. The van der Waals surface area contributed by atoms with Crippen molar-refractivity contribution in [2.75, 3.05) is 14.7 Å². The summed E-state index contributed by atoms with van der Waals surface area (Å²) in [6.07, 6.45) is 0.900. The van der Waals surface area contributed by atoms with Gasteiger partial charge in [-0.3, -0.25) is 0 Å². The van der Waals surface area contributed by atoms with E-state index in [-0.39, 0.29) is 0 Å². The first kappa shape index (κ1) is 46.0. The Labute approximate surface area is 429 Å². The molecule has 0 spiro atoms. The molecule has 0 radical (unpaired) electrons. The number of anilines is 9. The van der Waals surface area contributed by atoms with Gasteiger partial charge < -0.3 is 14.7 Å². The number of hydrogen-bond acceptors (Lipinski definition) is 3. The van der Waals surface area contributed by atoms with E-state index in [9.17, 15) is 0 Å². The summed E-state index contributed by atoms with van der Waals surface area (Å²) < 4.78 is 0. The molecule has 12 rings (SSSR count). The van der Waals surface area contributed by atoms with Crippen LogP contribution in [0.4, 0.5) is 51.2 Å². The Hall–Kier alpha value is -9.44. The molecule has 3 heteroatoms.